The first-order chi connectivity index (χ1) is 12.7. The molecule has 0 N–H and O–H groups in total. The van der Waals surface area contributed by atoms with Crippen LogP contribution in [0.4, 0.5) is 0 Å². The third-order valence-electron chi connectivity index (χ3n) is 5.19. The number of aromatic nitrogens is 2. The Kier molecular flexibility index (Phi) is 4.82. The maximum Gasteiger partial charge on any atom is 0.231 e. The molecule has 1 saturated heterocycles. The Bertz CT molecular complexity index is 780. The molecule has 2 aromatic rings. The molecule has 1 atom stereocenters. The topological polar surface area (TPSA) is 56.6 Å². The SMILES string of the molecule is C[C@H](Cc1ccc2c(c1)OCO2)c1nccn1CCC(=O)N1CCCC1. The quantitative estimate of drug-likeness (QED) is 0.799. The Labute approximate surface area is 153 Å². The first-order valence-electron chi connectivity index (χ1n) is 9.38. The van der Waals surface area contributed by atoms with Gasteiger partial charge in [0.15, 0.2) is 11.5 Å². The van der Waals surface area contributed by atoms with E-state index < -0.39 is 0 Å². The van der Waals surface area contributed by atoms with Gasteiger partial charge < -0.3 is 18.9 Å². The molecule has 1 aromatic carbocycles. The van der Waals surface area contributed by atoms with Crippen LogP contribution in [0, 0.1) is 0 Å². The predicted octanol–water partition coefficient (Wildman–Crippen LogP) is 2.97. The Morgan fingerprint density at radius 3 is 2.88 bits per heavy atom. The number of amides is 1. The number of nitrogens with zero attached hydrogens (tertiary/aromatic N) is 3. The van der Waals surface area contributed by atoms with Gasteiger partial charge >= 0.3 is 0 Å². The minimum absolute atomic E-state index is 0.255. The molecule has 6 heteroatoms. The molecular formula is C20H25N3O3. The third-order valence-corrected chi connectivity index (χ3v) is 5.19. The molecule has 0 bridgehead atoms. The fourth-order valence-corrected chi connectivity index (χ4v) is 3.79. The molecule has 138 valence electrons. The minimum Gasteiger partial charge on any atom is -0.454 e. The van der Waals surface area contributed by atoms with Crippen molar-refractivity contribution in [3.05, 3.63) is 42.0 Å². The number of aryl methyl sites for hydroxylation is 1. The number of hydrogen-bond donors (Lipinski definition) is 0. The zero-order valence-electron chi connectivity index (χ0n) is 15.2. The summed E-state index contributed by atoms with van der Waals surface area (Å²) in [6, 6.07) is 6.09. The standard InChI is InChI=1S/C20H25N3O3/c1-15(12-16-4-5-17-18(13-16)26-14-25-17)20-21-7-11-23(20)10-6-19(24)22-8-2-3-9-22/h4-5,7,11,13,15H,2-3,6,8-10,12,14H2,1H3/t15-/m1/s1. The zero-order chi connectivity index (χ0) is 17.9. The van der Waals surface area contributed by atoms with Crippen LogP contribution in [0.1, 0.15) is 43.5 Å². The van der Waals surface area contributed by atoms with Gasteiger partial charge in [0.2, 0.25) is 12.7 Å². The van der Waals surface area contributed by atoms with Crippen LogP contribution < -0.4 is 9.47 Å². The van der Waals surface area contributed by atoms with Crippen molar-refractivity contribution in [3.63, 3.8) is 0 Å². The highest BCUT2D eigenvalue weighted by Crippen LogP contribution is 2.33. The van der Waals surface area contributed by atoms with E-state index in [1.807, 2.05) is 29.4 Å². The Morgan fingerprint density at radius 2 is 2.04 bits per heavy atom. The van der Waals surface area contributed by atoms with Gasteiger partial charge in [-0.05, 0) is 37.0 Å². The number of hydrogen-bond acceptors (Lipinski definition) is 4. The van der Waals surface area contributed by atoms with Gasteiger partial charge in [0.25, 0.3) is 0 Å². The summed E-state index contributed by atoms with van der Waals surface area (Å²) in [6.45, 7) is 4.98. The molecule has 1 amide bonds. The Morgan fingerprint density at radius 1 is 1.23 bits per heavy atom. The molecule has 26 heavy (non-hydrogen) atoms. The molecule has 0 radical (unpaired) electrons. The van der Waals surface area contributed by atoms with E-state index in [1.165, 1.54) is 5.56 Å². The van der Waals surface area contributed by atoms with Gasteiger partial charge in [-0.3, -0.25) is 4.79 Å². The normalized spacial score (nSPS) is 16.9. The molecule has 1 fully saturated rings. The molecule has 6 nitrogen and oxygen atoms in total. The van der Waals surface area contributed by atoms with Crippen LogP contribution in [0.2, 0.25) is 0 Å². The number of imidazole rings is 1. The summed E-state index contributed by atoms with van der Waals surface area (Å²) >= 11 is 0. The van der Waals surface area contributed by atoms with E-state index in [-0.39, 0.29) is 11.8 Å². The van der Waals surface area contributed by atoms with Crippen molar-refractivity contribution in [2.75, 3.05) is 19.9 Å². The fraction of sp³-hybridized carbons (Fsp3) is 0.500. The van der Waals surface area contributed by atoms with E-state index in [0.29, 0.717) is 19.8 Å². The smallest absolute Gasteiger partial charge is 0.231 e. The minimum atomic E-state index is 0.255. The van der Waals surface area contributed by atoms with Gasteiger partial charge in [-0.25, -0.2) is 4.98 Å². The van der Waals surface area contributed by atoms with Crippen molar-refractivity contribution in [1.82, 2.24) is 14.5 Å². The number of benzene rings is 1. The summed E-state index contributed by atoms with van der Waals surface area (Å²) in [6.07, 6.45) is 7.48. The molecule has 1 aromatic heterocycles. The van der Waals surface area contributed by atoms with Crippen LogP contribution >= 0.6 is 0 Å². The van der Waals surface area contributed by atoms with E-state index in [4.69, 9.17) is 9.47 Å². The van der Waals surface area contributed by atoms with Crippen molar-refractivity contribution < 1.29 is 14.3 Å². The lowest BCUT2D eigenvalue weighted by atomic mass is 10.00. The van der Waals surface area contributed by atoms with Crippen molar-refractivity contribution in [2.24, 2.45) is 0 Å². The molecular weight excluding hydrogens is 330 g/mol. The molecule has 0 unspecified atom stereocenters. The van der Waals surface area contributed by atoms with E-state index in [0.717, 1.165) is 49.7 Å². The Balaban J connectivity index is 1.38. The first kappa shape index (κ1) is 16.9. The molecule has 4 rings (SSSR count). The highest BCUT2D eigenvalue weighted by Gasteiger charge is 2.20. The van der Waals surface area contributed by atoms with Crippen LogP contribution in [0.3, 0.4) is 0 Å². The van der Waals surface area contributed by atoms with Gasteiger partial charge in [-0.15, -0.1) is 0 Å². The average molecular weight is 355 g/mol. The number of likely N-dealkylation sites (tertiary alicyclic amines) is 1. The third kappa shape index (κ3) is 3.54. The monoisotopic (exact) mass is 355 g/mol. The van der Waals surface area contributed by atoms with Crippen LogP contribution in [0.15, 0.2) is 30.6 Å². The van der Waals surface area contributed by atoms with Crippen molar-refractivity contribution in [2.45, 2.75) is 45.1 Å². The van der Waals surface area contributed by atoms with E-state index in [9.17, 15) is 4.79 Å². The van der Waals surface area contributed by atoms with E-state index >= 15 is 0 Å². The van der Waals surface area contributed by atoms with Crippen LogP contribution in [0.5, 0.6) is 11.5 Å². The van der Waals surface area contributed by atoms with Crippen molar-refractivity contribution in [3.8, 4) is 11.5 Å². The second-order valence-electron chi connectivity index (χ2n) is 7.11. The number of carbonyl (C=O) groups excluding carboxylic acids is 1. The highest BCUT2D eigenvalue weighted by molar-refractivity contribution is 5.76. The number of rotatable bonds is 6. The number of fused-ring (bicyclic) bond motifs is 1. The van der Waals surface area contributed by atoms with E-state index in [2.05, 4.69) is 22.5 Å². The lowest BCUT2D eigenvalue weighted by Crippen LogP contribution is -2.28. The maximum absolute atomic E-state index is 12.3. The van der Waals surface area contributed by atoms with Gasteiger partial charge in [-0.2, -0.15) is 0 Å². The van der Waals surface area contributed by atoms with Gasteiger partial charge in [0.1, 0.15) is 5.82 Å². The maximum atomic E-state index is 12.3. The van der Waals surface area contributed by atoms with Crippen molar-refractivity contribution >= 4 is 5.91 Å². The summed E-state index contributed by atoms with van der Waals surface area (Å²) in [5.41, 5.74) is 1.20. The average Bonchev–Trinajstić information content (AvgIpc) is 3.40. The van der Waals surface area contributed by atoms with Gasteiger partial charge in [0, 0.05) is 44.4 Å². The highest BCUT2D eigenvalue weighted by atomic mass is 16.7. The Hall–Kier alpha value is -2.50. The predicted molar refractivity (Wildman–Crippen MR) is 97.3 cm³/mol. The van der Waals surface area contributed by atoms with Gasteiger partial charge in [0.05, 0.1) is 0 Å². The summed E-state index contributed by atoms with van der Waals surface area (Å²) in [5.74, 6) is 3.16. The largest absolute Gasteiger partial charge is 0.454 e. The van der Waals surface area contributed by atoms with E-state index in [1.54, 1.807) is 0 Å². The van der Waals surface area contributed by atoms with Crippen LogP contribution in [-0.2, 0) is 17.8 Å². The molecule has 2 aliphatic rings. The second-order valence-corrected chi connectivity index (χ2v) is 7.11. The summed E-state index contributed by atoms with van der Waals surface area (Å²) < 4.78 is 13.0. The number of ether oxygens (including phenoxy) is 2. The van der Waals surface area contributed by atoms with Crippen molar-refractivity contribution in [1.29, 1.82) is 0 Å². The molecule has 0 aliphatic carbocycles. The lowest BCUT2D eigenvalue weighted by molar-refractivity contribution is -0.130. The first-order valence-corrected chi connectivity index (χ1v) is 9.38. The molecule has 3 heterocycles. The van der Waals surface area contributed by atoms with Gasteiger partial charge in [-0.1, -0.05) is 13.0 Å². The lowest BCUT2D eigenvalue weighted by Gasteiger charge is -2.17. The molecule has 0 saturated carbocycles. The molecule has 2 aliphatic heterocycles. The van der Waals surface area contributed by atoms with Crippen LogP contribution in [0.25, 0.3) is 0 Å². The summed E-state index contributed by atoms with van der Waals surface area (Å²) in [4.78, 5) is 18.8. The molecule has 0 spiro atoms. The second kappa shape index (κ2) is 7.40. The summed E-state index contributed by atoms with van der Waals surface area (Å²) in [5, 5.41) is 0. The zero-order valence-corrected chi connectivity index (χ0v) is 15.2. The number of carbonyl (C=O) groups is 1. The fourth-order valence-electron chi connectivity index (χ4n) is 3.79. The summed E-state index contributed by atoms with van der Waals surface area (Å²) in [7, 11) is 0. The van der Waals surface area contributed by atoms with Crippen LogP contribution in [-0.4, -0.2) is 40.2 Å².